The van der Waals surface area contributed by atoms with Gasteiger partial charge in [-0.2, -0.15) is 13.2 Å². The number of carboxylic acids is 1. The zero-order chi connectivity index (χ0) is 67.9. The Bertz CT molecular complexity index is 3070. The van der Waals surface area contributed by atoms with Gasteiger partial charge in [0, 0.05) is 44.8 Å². The third kappa shape index (κ3) is 26.2. The lowest BCUT2D eigenvalue weighted by molar-refractivity contribution is -0.385. The Morgan fingerprint density at radius 1 is 0.772 bits per heavy atom. The van der Waals surface area contributed by atoms with Gasteiger partial charge in [-0.25, -0.2) is 4.79 Å². The Morgan fingerprint density at radius 2 is 1.36 bits per heavy atom. The highest BCUT2D eigenvalue weighted by molar-refractivity contribution is 5.95. The van der Waals surface area contributed by atoms with Crippen LogP contribution in [0, 0.1) is 16.0 Å². The van der Waals surface area contributed by atoms with Gasteiger partial charge in [-0.05, 0) is 92.7 Å². The number of carbonyl (C=O) groups excluding carboxylic acids is 7. The lowest BCUT2D eigenvalue weighted by atomic mass is 9.95. The predicted octanol–water partition coefficient (Wildman–Crippen LogP) is 7.26. The topological polar surface area (TPSA) is 352 Å². The van der Waals surface area contributed by atoms with Crippen LogP contribution in [0.5, 0.6) is 23.0 Å². The SMILES string of the molecule is CCCCCCCCCCCC(=O)N[C@@H](C(=O)NCCCC(=O)N[C@@H](C(=O)NCCCN(C)C)c1ccccc1)[C@@H]1NC(=O)[C@@H](Cc2ccccc2)NC(=O)[C@@H](NC(=O)[C@H](N)CC(C)C)Cc2ccc(c([N+](=O)[O-])c2)Oc2cc1cc(O)c2OC.O=C(O)C(F)(F)F. The Kier molecular flexibility index (Phi) is 31.8. The van der Waals surface area contributed by atoms with E-state index < -0.39 is 106 Å². The summed E-state index contributed by atoms with van der Waals surface area (Å²) in [6, 6.07) is 15.7. The summed E-state index contributed by atoms with van der Waals surface area (Å²) < 4.78 is 43.5. The van der Waals surface area contributed by atoms with Crippen LogP contribution in [0.2, 0.25) is 0 Å². The molecular weight excluding hydrogens is 1200 g/mol. The summed E-state index contributed by atoms with van der Waals surface area (Å²) in [6.45, 7) is 6.92. The lowest BCUT2D eigenvalue weighted by Crippen LogP contribution is -2.59. The molecule has 0 saturated heterocycles. The second kappa shape index (κ2) is 38.8. The molecule has 6 rings (SSSR count). The number of unbranched alkanes of at least 4 members (excludes halogenated alkanes) is 8. The second-order valence-electron chi connectivity index (χ2n) is 23.2. The van der Waals surface area contributed by atoms with Crippen LogP contribution in [0.15, 0.2) is 91.0 Å². The summed E-state index contributed by atoms with van der Waals surface area (Å²) in [5.74, 6) is -8.82. The fourth-order valence-electron chi connectivity index (χ4n) is 9.99. The number of phenols is 1. The van der Waals surface area contributed by atoms with Crippen molar-refractivity contribution in [2.45, 2.75) is 166 Å². The van der Waals surface area contributed by atoms with E-state index in [1.54, 1.807) is 60.7 Å². The summed E-state index contributed by atoms with van der Waals surface area (Å²) in [5, 5.41) is 51.4. The third-order valence-electron chi connectivity index (χ3n) is 14.8. The van der Waals surface area contributed by atoms with Gasteiger partial charge in [0.05, 0.1) is 24.1 Å². The van der Waals surface area contributed by atoms with Crippen LogP contribution >= 0.6 is 0 Å². The first kappa shape index (κ1) is 75.6. The van der Waals surface area contributed by atoms with Gasteiger partial charge in [0.2, 0.25) is 52.8 Å². The first-order valence-electron chi connectivity index (χ1n) is 30.9. The second-order valence-corrected chi connectivity index (χ2v) is 23.2. The molecule has 6 atom stereocenters. The van der Waals surface area contributed by atoms with Crippen LogP contribution < -0.4 is 52.4 Å². The van der Waals surface area contributed by atoms with Gasteiger partial charge in [0.25, 0.3) is 0 Å². The number of fused-ring (bicyclic) bond motifs is 9. The predicted molar refractivity (Wildman–Crippen MR) is 337 cm³/mol. The molecule has 504 valence electrons. The van der Waals surface area contributed by atoms with E-state index in [0.717, 1.165) is 51.5 Å². The molecule has 0 unspecified atom stereocenters. The third-order valence-corrected chi connectivity index (χ3v) is 14.8. The summed E-state index contributed by atoms with van der Waals surface area (Å²) in [6.07, 6.45) is 4.13. The van der Waals surface area contributed by atoms with Crippen LogP contribution in [0.4, 0.5) is 18.9 Å². The van der Waals surface area contributed by atoms with Crippen molar-refractivity contribution in [2.75, 3.05) is 40.8 Å². The molecule has 27 heteroatoms. The molecule has 2 aliphatic rings. The zero-order valence-corrected chi connectivity index (χ0v) is 53.0. The molecule has 4 bridgehead atoms. The number of nitrogens with zero attached hydrogens (tertiary/aromatic N) is 2. The maximum atomic E-state index is 15.2. The number of hydrogen-bond donors (Lipinski definition) is 10. The summed E-state index contributed by atoms with van der Waals surface area (Å²) >= 11 is 0. The number of rotatable bonds is 32. The highest BCUT2D eigenvalue weighted by Gasteiger charge is 2.39. The van der Waals surface area contributed by atoms with Crippen LogP contribution in [0.1, 0.15) is 145 Å². The highest BCUT2D eigenvalue weighted by Crippen LogP contribution is 2.44. The fraction of sp³-hybridized carbons (Fsp3) is 0.508. The number of halogens is 3. The van der Waals surface area contributed by atoms with Crippen molar-refractivity contribution < 1.29 is 76.1 Å². The maximum absolute atomic E-state index is 15.2. The lowest BCUT2D eigenvalue weighted by Gasteiger charge is -2.31. The Morgan fingerprint density at radius 3 is 1.96 bits per heavy atom. The Hall–Kier alpha value is -8.85. The molecule has 2 heterocycles. The molecule has 0 saturated carbocycles. The van der Waals surface area contributed by atoms with E-state index in [9.17, 15) is 57.2 Å². The number of carbonyl (C=O) groups is 8. The van der Waals surface area contributed by atoms with Crippen molar-refractivity contribution in [2.24, 2.45) is 11.7 Å². The van der Waals surface area contributed by atoms with Crippen molar-refractivity contribution in [3.63, 3.8) is 0 Å². The molecule has 0 aliphatic carbocycles. The number of methoxy groups -OCH3 is 1. The maximum Gasteiger partial charge on any atom is 0.490 e. The van der Waals surface area contributed by atoms with Crippen LogP contribution in [0.25, 0.3) is 0 Å². The zero-order valence-electron chi connectivity index (χ0n) is 53.0. The van der Waals surface area contributed by atoms with Crippen molar-refractivity contribution in [1.29, 1.82) is 0 Å². The molecule has 4 aromatic carbocycles. The fourth-order valence-corrected chi connectivity index (χ4v) is 9.99. The number of nitrogens with two attached hydrogens (primary N) is 1. The molecular formula is C65H89F3N10O14. The van der Waals surface area contributed by atoms with E-state index >= 15 is 4.79 Å². The average Bonchev–Trinajstić information content (AvgIpc) is 0.801. The van der Waals surface area contributed by atoms with E-state index in [1.807, 2.05) is 32.8 Å². The van der Waals surface area contributed by atoms with Gasteiger partial charge in [0.15, 0.2) is 11.5 Å². The largest absolute Gasteiger partial charge is 0.504 e. The Labute approximate surface area is 534 Å². The minimum Gasteiger partial charge on any atom is -0.504 e. The monoisotopic (exact) mass is 1290 g/mol. The van der Waals surface area contributed by atoms with Crippen molar-refractivity contribution in [1.82, 2.24) is 42.1 Å². The highest BCUT2D eigenvalue weighted by atomic mass is 19.4. The van der Waals surface area contributed by atoms with Gasteiger partial charge in [0.1, 0.15) is 24.2 Å². The number of benzene rings is 4. The molecule has 24 nitrogen and oxygen atoms in total. The first-order chi connectivity index (χ1) is 43.7. The van der Waals surface area contributed by atoms with Crippen LogP contribution in [0.3, 0.4) is 0 Å². The number of amides is 7. The summed E-state index contributed by atoms with van der Waals surface area (Å²) in [4.78, 5) is 123. The van der Waals surface area contributed by atoms with E-state index in [-0.39, 0.29) is 79.4 Å². The minimum absolute atomic E-state index is 0.00519. The standard InChI is InChI=1S/C63H88N10O12.C2HF3O2/c1-7-8-9-10-11-12-13-14-21-28-53(75)70-57(63(81)65-32-22-29-54(76)69-56(44-26-19-16-20-27-44)62(80)66-33-23-34-72(4)5)55-45-39-50(74)58(84-6)52(40-45)85-51-31-30-43(38-49(51)73(82)83)37-48(67-59(77)46(64)35-41(2)3)60(78)68-47(61(79)71-55)36-42-24-17-15-18-25-42;3-2(4,5)1(6)7/h15-20,24-27,30-31,38-41,46-48,55-57,74H,7-14,21-23,28-29,32-37,64H2,1-6H3,(H,65,81)(H,66,80)(H,67,77)(H,68,78)(H,69,76)(H,70,75)(H,71,79);(H,6,7)/t46-,47-,48+,55-,56-,57-;/m1./s1. The quantitative estimate of drug-likeness (QED) is 0.0131. The summed E-state index contributed by atoms with van der Waals surface area (Å²) in [7, 11) is 5.09. The average molecular weight is 1290 g/mol. The van der Waals surface area contributed by atoms with Crippen molar-refractivity contribution >= 4 is 53.0 Å². The number of alkyl halides is 3. The molecule has 92 heavy (non-hydrogen) atoms. The van der Waals surface area contributed by atoms with E-state index in [4.69, 9.17) is 25.1 Å². The number of hydrogen-bond acceptors (Lipinski definition) is 15. The molecule has 7 amide bonds. The molecule has 2 aliphatic heterocycles. The van der Waals surface area contributed by atoms with Gasteiger partial charge in [-0.15, -0.1) is 0 Å². The number of nitrogens with one attached hydrogen (secondary N) is 7. The van der Waals surface area contributed by atoms with E-state index in [2.05, 4.69) is 44.1 Å². The molecule has 0 aromatic heterocycles. The number of nitro groups is 1. The van der Waals surface area contributed by atoms with Gasteiger partial charge in [-0.1, -0.05) is 139 Å². The summed E-state index contributed by atoms with van der Waals surface area (Å²) in [5.41, 5.74) is 7.08. The number of aliphatic carboxylic acids is 1. The Balaban J connectivity index is 0.00000243. The number of carboxylic acid groups (broad SMARTS) is 1. The van der Waals surface area contributed by atoms with Crippen molar-refractivity contribution in [3.05, 3.63) is 123 Å². The van der Waals surface area contributed by atoms with Crippen LogP contribution in [-0.4, -0.2) is 139 Å². The van der Waals surface area contributed by atoms with Gasteiger partial charge in [-0.3, -0.25) is 43.7 Å². The number of nitro benzene ring substituents is 1. The molecule has 0 radical (unpaired) electrons. The number of phenolic OH excluding ortho intramolecular Hbond substituents is 1. The van der Waals surface area contributed by atoms with E-state index in [1.165, 1.54) is 43.9 Å². The molecule has 11 N–H and O–H groups in total. The smallest absolute Gasteiger partial charge is 0.490 e. The number of aromatic hydroxyl groups is 1. The molecule has 4 aromatic rings. The number of ether oxygens (including phenoxy) is 2. The van der Waals surface area contributed by atoms with E-state index in [0.29, 0.717) is 30.5 Å². The minimum atomic E-state index is -5.08. The normalized spacial score (nSPS) is 15.8. The van der Waals surface area contributed by atoms with Gasteiger partial charge >= 0.3 is 17.8 Å². The van der Waals surface area contributed by atoms with Crippen LogP contribution in [-0.2, 0) is 51.2 Å². The molecule has 0 spiro atoms. The first-order valence-corrected chi connectivity index (χ1v) is 30.9. The van der Waals surface area contributed by atoms with Crippen molar-refractivity contribution in [3.8, 4) is 23.0 Å². The van der Waals surface area contributed by atoms with Gasteiger partial charge < -0.3 is 67.5 Å². The molecule has 0 fully saturated rings.